The Kier molecular flexibility index (Phi) is 14.3. The first-order valence-electron chi connectivity index (χ1n) is 14.8. The lowest BCUT2D eigenvalue weighted by Crippen LogP contribution is -2.53. The molecule has 0 aliphatic carbocycles. The summed E-state index contributed by atoms with van der Waals surface area (Å²) in [6.07, 6.45) is -0.698. The molecule has 0 heterocycles. The maximum atomic E-state index is 13.4. The standard InChI is InChI=1S/C32H36N6O10/c33-31(43)34-17-4-7-26(37-30(42)27(36-28(40)16-18-39)19-21-5-2-1-3-6-21)29(41)35-23-10-8-22(9-11-23)20-47-32(44)48-25-14-12-24(13-15-25)38(45)46/h1-3,5-6,8-15,26-27,39H,4,7,16-20H2,(H,35,41)(H,36,40)(H,37,42)(H3,33,34,43). The predicted octanol–water partition coefficient (Wildman–Crippen LogP) is 2.29. The first-order valence-corrected chi connectivity index (χ1v) is 14.8. The van der Waals surface area contributed by atoms with Crippen molar-refractivity contribution < 1.29 is 43.5 Å². The van der Waals surface area contributed by atoms with Gasteiger partial charge in [0.15, 0.2) is 0 Å². The molecule has 0 saturated carbocycles. The zero-order chi connectivity index (χ0) is 34.9. The molecule has 16 nitrogen and oxygen atoms in total. The van der Waals surface area contributed by atoms with Crippen LogP contribution in [0.3, 0.4) is 0 Å². The molecule has 0 aliphatic heterocycles. The van der Waals surface area contributed by atoms with Crippen molar-refractivity contribution in [3.63, 3.8) is 0 Å². The highest BCUT2D eigenvalue weighted by molar-refractivity contribution is 5.98. The average molecular weight is 665 g/mol. The highest BCUT2D eigenvalue weighted by atomic mass is 16.7. The number of non-ortho nitro benzene ring substituents is 1. The van der Waals surface area contributed by atoms with E-state index in [2.05, 4.69) is 21.3 Å². The smallest absolute Gasteiger partial charge is 0.429 e. The van der Waals surface area contributed by atoms with Crippen molar-refractivity contribution in [1.29, 1.82) is 0 Å². The van der Waals surface area contributed by atoms with Crippen LogP contribution >= 0.6 is 0 Å². The number of nitrogens with two attached hydrogens (primary N) is 1. The minimum absolute atomic E-state index is 0.0645. The van der Waals surface area contributed by atoms with E-state index >= 15 is 0 Å². The van der Waals surface area contributed by atoms with Crippen LogP contribution in [0.2, 0.25) is 0 Å². The Bertz CT molecular complexity index is 1550. The topological polar surface area (TPSA) is 241 Å². The number of carbonyl (C=O) groups excluding carboxylic acids is 5. The highest BCUT2D eigenvalue weighted by Crippen LogP contribution is 2.18. The van der Waals surface area contributed by atoms with Gasteiger partial charge in [-0.2, -0.15) is 0 Å². The van der Waals surface area contributed by atoms with Crippen molar-refractivity contribution in [2.45, 2.75) is 44.4 Å². The molecule has 3 aromatic carbocycles. The summed E-state index contributed by atoms with van der Waals surface area (Å²) in [6.45, 7) is -0.423. The first kappa shape index (κ1) is 36.4. The van der Waals surface area contributed by atoms with Crippen LogP contribution in [-0.4, -0.2) is 65.2 Å². The van der Waals surface area contributed by atoms with Gasteiger partial charge in [-0.1, -0.05) is 42.5 Å². The van der Waals surface area contributed by atoms with E-state index in [1.807, 2.05) is 0 Å². The zero-order valence-electron chi connectivity index (χ0n) is 25.8. The summed E-state index contributed by atoms with van der Waals surface area (Å²) < 4.78 is 10.1. The number of ether oxygens (including phenoxy) is 2. The molecule has 0 radical (unpaired) electrons. The van der Waals surface area contributed by atoms with Crippen LogP contribution in [0, 0.1) is 10.1 Å². The van der Waals surface area contributed by atoms with Gasteiger partial charge in [0.1, 0.15) is 24.4 Å². The molecule has 7 N–H and O–H groups in total. The van der Waals surface area contributed by atoms with E-state index in [1.54, 1.807) is 54.6 Å². The molecular weight excluding hydrogens is 628 g/mol. The number of hydrogen-bond acceptors (Lipinski definition) is 10. The number of carbonyl (C=O) groups is 5. The van der Waals surface area contributed by atoms with Crippen molar-refractivity contribution in [1.82, 2.24) is 16.0 Å². The van der Waals surface area contributed by atoms with Gasteiger partial charge in [0.25, 0.3) is 5.69 Å². The normalized spacial score (nSPS) is 11.7. The van der Waals surface area contributed by atoms with Crippen molar-refractivity contribution in [3.8, 4) is 5.75 Å². The SMILES string of the molecule is NC(=O)NCCCC(NC(=O)C(Cc1ccccc1)NC(=O)CCO)C(=O)Nc1ccc(COC(=O)Oc2ccc([N+](=O)[O-])cc2)cc1. The Morgan fingerprint density at radius 2 is 1.54 bits per heavy atom. The van der Waals surface area contributed by atoms with Crippen molar-refractivity contribution in [2.75, 3.05) is 18.5 Å². The van der Waals surface area contributed by atoms with Crippen LogP contribution in [0.4, 0.5) is 21.0 Å². The number of nitro benzene ring substituents is 1. The Hall–Kier alpha value is -6.03. The molecular formula is C32H36N6O10. The number of hydrogen-bond donors (Lipinski definition) is 6. The molecule has 0 fully saturated rings. The molecule has 16 heteroatoms. The number of aliphatic hydroxyl groups is 1. The third-order valence-corrected chi connectivity index (χ3v) is 6.70. The number of primary amides is 1. The lowest BCUT2D eigenvalue weighted by molar-refractivity contribution is -0.384. The largest absolute Gasteiger partial charge is 0.514 e. The fourth-order valence-corrected chi connectivity index (χ4v) is 4.30. The van der Waals surface area contributed by atoms with E-state index in [0.717, 1.165) is 5.56 Å². The van der Waals surface area contributed by atoms with Gasteiger partial charge in [0, 0.05) is 37.2 Å². The second kappa shape index (κ2) is 18.8. The van der Waals surface area contributed by atoms with Crippen molar-refractivity contribution in [2.24, 2.45) is 5.73 Å². The number of nitrogens with zero attached hydrogens (tertiary/aromatic N) is 1. The second-order valence-electron chi connectivity index (χ2n) is 10.4. The van der Waals surface area contributed by atoms with E-state index in [0.29, 0.717) is 11.3 Å². The Morgan fingerprint density at radius 1 is 0.854 bits per heavy atom. The monoisotopic (exact) mass is 664 g/mol. The van der Waals surface area contributed by atoms with Crippen LogP contribution in [-0.2, 0) is 32.1 Å². The minimum atomic E-state index is -1.07. The van der Waals surface area contributed by atoms with E-state index in [4.69, 9.17) is 20.3 Å². The van der Waals surface area contributed by atoms with Crippen LogP contribution in [0.15, 0.2) is 78.9 Å². The fraction of sp³-hybridized carbons (Fsp3) is 0.281. The zero-order valence-corrected chi connectivity index (χ0v) is 25.8. The number of amides is 5. The van der Waals surface area contributed by atoms with Crippen LogP contribution in [0.1, 0.15) is 30.4 Å². The molecule has 3 rings (SSSR count). The summed E-state index contributed by atoms with van der Waals surface area (Å²) in [7, 11) is 0. The number of benzene rings is 3. The molecule has 0 saturated heterocycles. The molecule has 0 spiro atoms. The number of rotatable bonds is 17. The van der Waals surface area contributed by atoms with Gasteiger partial charge in [-0.15, -0.1) is 0 Å². The molecule has 3 aromatic rings. The number of urea groups is 1. The summed E-state index contributed by atoms with van der Waals surface area (Å²) in [5.74, 6) is -1.67. The molecule has 2 unspecified atom stereocenters. The lowest BCUT2D eigenvalue weighted by atomic mass is 10.0. The minimum Gasteiger partial charge on any atom is -0.429 e. The quantitative estimate of drug-likeness (QED) is 0.0404. The van der Waals surface area contributed by atoms with E-state index in [1.165, 1.54) is 24.3 Å². The summed E-state index contributed by atoms with van der Waals surface area (Å²) in [5.41, 5.74) is 6.64. The second-order valence-corrected chi connectivity index (χ2v) is 10.4. The molecule has 48 heavy (non-hydrogen) atoms. The first-order chi connectivity index (χ1) is 23.0. The van der Waals surface area contributed by atoms with E-state index < -0.39 is 53.5 Å². The van der Waals surface area contributed by atoms with Crippen LogP contribution in [0.5, 0.6) is 5.75 Å². The summed E-state index contributed by atoms with van der Waals surface area (Å²) in [6, 6.07) is 17.3. The van der Waals surface area contributed by atoms with E-state index in [-0.39, 0.29) is 50.3 Å². The molecule has 254 valence electrons. The van der Waals surface area contributed by atoms with Crippen LogP contribution in [0.25, 0.3) is 0 Å². The summed E-state index contributed by atoms with van der Waals surface area (Å²) in [4.78, 5) is 72.3. The van der Waals surface area contributed by atoms with Crippen molar-refractivity contribution in [3.05, 3.63) is 100 Å². The number of anilines is 1. The Morgan fingerprint density at radius 3 is 2.17 bits per heavy atom. The molecule has 2 atom stereocenters. The molecule has 0 aliphatic rings. The lowest BCUT2D eigenvalue weighted by Gasteiger charge is -2.23. The van der Waals surface area contributed by atoms with E-state index in [9.17, 15) is 34.1 Å². The molecule has 0 aromatic heterocycles. The van der Waals surface area contributed by atoms with Gasteiger partial charge in [-0.05, 0) is 48.2 Å². The summed E-state index contributed by atoms with van der Waals surface area (Å²) in [5, 5.41) is 30.3. The van der Waals surface area contributed by atoms with Gasteiger partial charge in [-0.25, -0.2) is 9.59 Å². The Labute approximate surface area is 275 Å². The van der Waals surface area contributed by atoms with Crippen molar-refractivity contribution >= 4 is 41.3 Å². The fourth-order valence-electron chi connectivity index (χ4n) is 4.30. The van der Waals surface area contributed by atoms with Gasteiger partial charge in [0.05, 0.1) is 11.5 Å². The number of nitro groups is 1. The van der Waals surface area contributed by atoms with Crippen LogP contribution < -0.4 is 31.7 Å². The van der Waals surface area contributed by atoms with Gasteiger partial charge in [-0.3, -0.25) is 24.5 Å². The maximum Gasteiger partial charge on any atom is 0.514 e. The number of nitrogens with one attached hydrogen (secondary N) is 4. The van der Waals surface area contributed by atoms with Gasteiger partial charge < -0.3 is 41.6 Å². The molecule has 0 bridgehead atoms. The molecule has 5 amide bonds. The number of aliphatic hydroxyl groups excluding tert-OH is 1. The van der Waals surface area contributed by atoms with Gasteiger partial charge >= 0.3 is 12.2 Å². The highest BCUT2D eigenvalue weighted by Gasteiger charge is 2.27. The third kappa shape index (κ3) is 12.8. The maximum absolute atomic E-state index is 13.4. The third-order valence-electron chi connectivity index (χ3n) is 6.70. The Balaban J connectivity index is 1.62. The average Bonchev–Trinajstić information content (AvgIpc) is 3.06. The predicted molar refractivity (Wildman–Crippen MR) is 172 cm³/mol. The summed E-state index contributed by atoms with van der Waals surface area (Å²) >= 11 is 0. The van der Waals surface area contributed by atoms with Gasteiger partial charge in [0.2, 0.25) is 17.7 Å².